The monoisotopic (exact) mass is 289 g/mol. The van der Waals surface area contributed by atoms with Gasteiger partial charge >= 0.3 is 0 Å². The van der Waals surface area contributed by atoms with Crippen LogP contribution < -0.4 is 5.73 Å². The largest absolute Gasteiger partial charge is 0.396 e. The number of benzene rings is 2. The Labute approximate surface area is 119 Å². The van der Waals surface area contributed by atoms with Crippen LogP contribution in [0, 0.1) is 11.6 Å². The van der Waals surface area contributed by atoms with E-state index < -0.39 is 11.6 Å². The van der Waals surface area contributed by atoms with E-state index in [9.17, 15) is 13.9 Å². The van der Waals surface area contributed by atoms with E-state index in [-0.39, 0.29) is 24.4 Å². The van der Waals surface area contributed by atoms with Gasteiger partial charge in [0.15, 0.2) is 0 Å². The first-order valence-electron chi connectivity index (χ1n) is 6.43. The number of aliphatic hydroxyl groups excluding tert-OH is 1. The van der Waals surface area contributed by atoms with Gasteiger partial charge in [0.05, 0.1) is 28.9 Å². The molecule has 3 aromatic rings. The Morgan fingerprint density at radius 1 is 1.14 bits per heavy atom. The fraction of sp³-hybridized carbons (Fsp3) is 0.133. The summed E-state index contributed by atoms with van der Waals surface area (Å²) in [5.74, 6) is -1.23. The maximum absolute atomic E-state index is 14.1. The molecule has 1 aromatic heterocycles. The molecule has 0 aliphatic heterocycles. The summed E-state index contributed by atoms with van der Waals surface area (Å²) in [6.45, 7) is 0.137. The SMILES string of the molecule is Nc1cc(-c2nc3ccccc3n2CCO)c(F)cc1F. The Balaban J connectivity index is 2.29. The number of halogens is 2. The molecule has 108 valence electrons. The van der Waals surface area contributed by atoms with Crippen LogP contribution in [0.2, 0.25) is 0 Å². The maximum Gasteiger partial charge on any atom is 0.149 e. The molecule has 0 saturated carbocycles. The highest BCUT2D eigenvalue weighted by atomic mass is 19.1. The molecule has 21 heavy (non-hydrogen) atoms. The summed E-state index contributed by atoms with van der Waals surface area (Å²) < 4.78 is 29.0. The molecule has 0 aliphatic carbocycles. The van der Waals surface area contributed by atoms with Crippen molar-refractivity contribution in [2.24, 2.45) is 0 Å². The highest BCUT2D eigenvalue weighted by Crippen LogP contribution is 2.29. The van der Waals surface area contributed by atoms with E-state index in [2.05, 4.69) is 4.98 Å². The summed E-state index contributed by atoms with van der Waals surface area (Å²) in [6, 6.07) is 9.23. The predicted octanol–water partition coefficient (Wildman–Crippen LogP) is 2.56. The first kappa shape index (κ1) is 13.5. The van der Waals surface area contributed by atoms with E-state index in [0.29, 0.717) is 11.3 Å². The van der Waals surface area contributed by atoms with Crippen LogP contribution in [0.4, 0.5) is 14.5 Å². The van der Waals surface area contributed by atoms with Crippen molar-refractivity contribution in [2.45, 2.75) is 6.54 Å². The van der Waals surface area contributed by atoms with Gasteiger partial charge in [0.2, 0.25) is 0 Å². The average Bonchev–Trinajstić information content (AvgIpc) is 2.82. The molecular formula is C15H13F2N3O. The van der Waals surface area contributed by atoms with Gasteiger partial charge in [-0.25, -0.2) is 13.8 Å². The van der Waals surface area contributed by atoms with Crippen molar-refractivity contribution in [3.63, 3.8) is 0 Å². The molecule has 0 bridgehead atoms. The first-order chi connectivity index (χ1) is 10.1. The zero-order valence-corrected chi connectivity index (χ0v) is 11.1. The zero-order valence-electron chi connectivity index (χ0n) is 11.1. The fourth-order valence-electron chi connectivity index (χ4n) is 2.34. The van der Waals surface area contributed by atoms with Crippen molar-refractivity contribution < 1.29 is 13.9 Å². The minimum atomic E-state index is -0.805. The van der Waals surface area contributed by atoms with Crippen LogP contribution in [-0.2, 0) is 6.54 Å². The van der Waals surface area contributed by atoms with Gasteiger partial charge in [-0.3, -0.25) is 0 Å². The summed E-state index contributed by atoms with van der Waals surface area (Å²) in [4.78, 5) is 4.37. The van der Waals surface area contributed by atoms with Gasteiger partial charge in [0.1, 0.15) is 17.5 Å². The highest BCUT2D eigenvalue weighted by Gasteiger charge is 2.17. The van der Waals surface area contributed by atoms with Gasteiger partial charge in [-0.15, -0.1) is 0 Å². The molecule has 0 atom stereocenters. The Bertz CT molecular complexity index is 814. The first-order valence-corrected chi connectivity index (χ1v) is 6.43. The number of nitrogens with two attached hydrogens (primary N) is 1. The lowest BCUT2D eigenvalue weighted by molar-refractivity contribution is 0.278. The summed E-state index contributed by atoms with van der Waals surface area (Å²) in [7, 11) is 0. The number of imidazole rings is 1. The molecule has 0 amide bonds. The second-order valence-corrected chi connectivity index (χ2v) is 4.65. The van der Waals surface area contributed by atoms with Crippen LogP contribution >= 0.6 is 0 Å². The number of aliphatic hydroxyl groups is 1. The third-order valence-corrected chi connectivity index (χ3v) is 3.31. The third-order valence-electron chi connectivity index (χ3n) is 3.31. The van der Waals surface area contributed by atoms with Crippen LogP contribution in [-0.4, -0.2) is 21.3 Å². The number of aromatic nitrogens is 2. The molecule has 3 rings (SSSR count). The van der Waals surface area contributed by atoms with Crippen LogP contribution in [0.15, 0.2) is 36.4 Å². The Kier molecular flexibility index (Phi) is 3.31. The van der Waals surface area contributed by atoms with E-state index in [1.807, 2.05) is 18.2 Å². The molecule has 2 aromatic carbocycles. The van der Waals surface area contributed by atoms with E-state index in [0.717, 1.165) is 11.6 Å². The molecule has 0 fully saturated rings. The normalized spacial score (nSPS) is 11.2. The van der Waals surface area contributed by atoms with Gasteiger partial charge in [-0.05, 0) is 18.2 Å². The van der Waals surface area contributed by atoms with E-state index in [1.165, 1.54) is 6.07 Å². The second kappa shape index (κ2) is 5.14. The molecule has 0 unspecified atom stereocenters. The molecule has 1 heterocycles. The van der Waals surface area contributed by atoms with Crippen LogP contribution in [0.1, 0.15) is 0 Å². The van der Waals surface area contributed by atoms with Crippen LogP contribution in [0.25, 0.3) is 22.4 Å². The molecule has 0 radical (unpaired) electrons. The third kappa shape index (κ3) is 2.23. The number of nitrogen functional groups attached to an aromatic ring is 1. The number of fused-ring (bicyclic) bond motifs is 1. The van der Waals surface area contributed by atoms with Crippen LogP contribution in [0.5, 0.6) is 0 Å². The smallest absolute Gasteiger partial charge is 0.149 e. The van der Waals surface area contributed by atoms with E-state index in [1.54, 1.807) is 10.6 Å². The summed E-state index contributed by atoms with van der Waals surface area (Å²) in [6.07, 6.45) is 0. The number of nitrogens with zero attached hydrogens (tertiary/aromatic N) is 2. The van der Waals surface area contributed by atoms with Gasteiger partial charge in [-0.1, -0.05) is 12.1 Å². The van der Waals surface area contributed by atoms with Gasteiger partial charge in [0, 0.05) is 12.6 Å². The minimum Gasteiger partial charge on any atom is -0.396 e. The van der Waals surface area contributed by atoms with Crippen molar-refractivity contribution in [2.75, 3.05) is 12.3 Å². The standard InChI is InChI=1S/C15H13F2N3O/c16-10-8-11(17)12(18)7-9(10)15-19-13-3-1-2-4-14(13)20(15)5-6-21/h1-4,7-8,21H,5-6,18H2. The van der Waals surface area contributed by atoms with E-state index in [4.69, 9.17) is 5.73 Å². The van der Waals surface area contributed by atoms with E-state index >= 15 is 0 Å². The van der Waals surface area contributed by atoms with Crippen molar-refractivity contribution in [1.82, 2.24) is 9.55 Å². The second-order valence-electron chi connectivity index (χ2n) is 4.65. The van der Waals surface area contributed by atoms with Crippen LogP contribution in [0.3, 0.4) is 0 Å². The summed E-state index contributed by atoms with van der Waals surface area (Å²) in [5.41, 5.74) is 6.92. The molecule has 4 nitrogen and oxygen atoms in total. The van der Waals surface area contributed by atoms with Crippen molar-refractivity contribution in [3.8, 4) is 11.4 Å². The van der Waals surface area contributed by atoms with Gasteiger partial charge in [0.25, 0.3) is 0 Å². The lowest BCUT2D eigenvalue weighted by atomic mass is 10.1. The van der Waals surface area contributed by atoms with Crippen molar-refractivity contribution in [3.05, 3.63) is 48.0 Å². The fourth-order valence-corrected chi connectivity index (χ4v) is 2.34. The molecule has 6 heteroatoms. The Morgan fingerprint density at radius 2 is 1.90 bits per heavy atom. The summed E-state index contributed by atoms with van der Waals surface area (Å²) in [5, 5.41) is 9.21. The lowest BCUT2D eigenvalue weighted by Crippen LogP contribution is -2.05. The van der Waals surface area contributed by atoms with Crippen molar-refractivity contribution in [1.29, 1.82) is 0 Å². The summed E-state index contributed by atoms with van der Waals surface area (Å²) >= 11 is 0. The maximum atomic E-state index is 14.1. The highest BCUT2D eigenvalue weighted by molar-refractivity contribution is 5.81. The topological polar surface area (TPSA) is 64.1 Å². The molecule has 0 aliphatic rings. The number of hydrogen-bond acceptors (Lipinski definition) is 3. The molecular weight excluding hydrogens is 276 g/mol. The molecule has 0 saturated heterocycles. The quantitative estimate of drug-likeness (QED) is 0.728. The van der Waals surface area contributed by atoms with Gasteiger partial charge in [-0.2, -0.15) is 0 Å². The predicted molar refractivity (Wildman–Crippen MR) is 76.6 cm³/mol. The van der Waals surface area contributed by atoms with Gasteiger partial charge < -0.3 is 15.4 Å². The molecule has 3 N–H and O–H groups in total. The number of para-hydroxylation sites is 2. The Hall–Kier alpha value is -2.47. The lowest BCUT2D eigenvalue weighted by Gasteiger charge is -2.09. The Morgan fingerprint density at radius 3 is 2.67 bits per heavy atom. The average molecular weight is 289 g/mol. The molecule has 0 spiro atoms. The number of hydrogen-bond donors (Lipinski definition) is 2. The number of anilines is 1. The van der Waals surface area contributed by atoms with Crippen molar-refractivity contribution >= 4 is 16.7 Å². The minimum absolute atomic E-state index is 0.110. The zero-order chi connectivity index (χ0) is 15.0. The number of rotatable bonds is 3.